The van der Waals surface area contributed by atoms with E-state index in [1.165, 1.54) is 11.1 Å². The maximum atomic E-state index is 10.2. The van der Waals surface area contributed by atoms with Crippen LogP contribution in [0.25, 0.3) is 0 Å². The minimum Gasteiger partial charge on any atom is -0.387 e. The summed E-state index contributed by atoms with van der Waals surface area (Å²) < 4.78 is 0. The zero-order chi connectivity index (χ0) is 14.8. The van der Waals surface area contributed by atoms with Crippen LogP contribution in [0.3, 0.4) is 0 Å². The second-order valence-corrected chi connectivity index (χ2v) is 6.28. The molecule has 0 saturated carbocycles. The van der Waals surface area contributed by atoms with Gasteiger partial charge in [0.25, 0.3) is 0 Å². The minimum atomic E-state index is -0.647. The van der Waals surface area contributed by atoms with Gasteiger partial charge in [-0.05, 0) is 35.7 Å². The van der Waals surface area contributed by atoms with E-state index in [1.807, 2.05) is 0 Å². The van der Waals surface area contributed by atoms with Crippen molar-refractivity contribution in [3.05, 3.63) is 69.2 Å². The van der Waals surface area contributed by atoms with E-state index in [-0.39, 0.29) is 0 Å². The van der Waals surface area contributed by atoms with E-state index in [0.29, 0.717) is 28.1 Å². The summed E-state index contributed by atoms with van der Waals surface area (Å²) in [5.41, 5.74) is 3.52. The molecule has 0 aliphatic heterocycles. The number of halogens is 2. The maximum absolute atomic E-state index is 10.2. The van der Waals surface area contributed by atoms with Gasteiger partial charge in [0.15, 0.2) is 0 Å². The second-order valence-electron chi connectivity index (χ2n) is 5.44. The number of nitrogens with one attached hydrogen (secondary N) is 1. The lowest BCUT2D eigenvalue weighted by Gasteiger charge is -2.30. The van der Waals surface area contributed by atoms with Crippen molar-refractivity contribution in [1.82, 2.24) is 5.32 Å². The van der Waals surface area contributed by atoms with E-state index in [0.717, 1.165) is 13.0 Å². The summed E-state index contributed by atoms with van der Waals surface area (Å²) in [6, 6.07) is 13.7. The van der Waals surface area contributed by atoms with Crippen molar-refractivity contribution in [2.45, 2.75) is 18.4 Å². The molecule has 2 unspecified atom stereocenters. The van der Waals surface area contributed by atoms with Gasteiger partial charge in [-0.1, -0.05) is 47.5 Å². The van der Waals surface area contributed by atoms with Gasteiger partial charge in [-0.3, -0.25) is 0 Å². The van der Waals surface area contributed by atoms with Crippen LogP contribution < -0.4 is 5.32 Å². The highest BCUT2D eigenvalue weighted by molar-refractivity contribution is 6.33. The van der Waals surface area contributed by atoms with Gasteiger partial charge < -0.3 is 10.4 Å². The number of hydrogen-bond acceptors (Lipinski definition) is 2. The molecule has 4 heteroatoms. The van der Waals surface area contributed by atoms with Crippen molar-refractivity contribution < 1.29 is 5.11 Å². The van der Waals surface area contributed by atoms with Crippen LogP contribution >= 0.6 is 23.2 Å². The molecule has 2 aromatic carbocycles. The Balaban J connectivity index is 1.53. The highest BCUT2D eigenvalue weighted by atomic mass is 35.5. The Kier molecular flexibility index (Phi) is 4.51. The van der Waals surface area contributed by atoms with Crippen LogP contribution in [-0.2, 0) is 6.42 Å². The Morgan fingerprint density at radius 2 is 2.00 bits per heavy atom. The van der Waals surface area contributed by atoms with Crippen LogP contribution in [0, 0.1) is 0 Å². The number of benzene rings is 2. The topological polar surface area (TPSA) is 32.3 Å². The molecule has 1 aliphatic rings. The summed E-state index contributed by atoms with van der Waals surface area (Å²) in [7, 11) is 0. The monoisotopic (exact) mass is 321 g/mol. The van der Waals surface area contributed by atoms with Crippen molar-refractivity contribution >= 4 is 23.2 Å². The number of aliphatic hydroxyl groups excluding tert-OH is 1. The third-order valence-electron chi connectivity index (χ3n) is 4.01. The molecule has 0 saturated heterocycles. The summed E-state index contributed by atoms with van der Waals surface area (Å²) in [5, 5.41) is 14.7. The Morgan fingerprint density at radius 1 is 1.19 bits per heavy atom. The first-order valence-corrected chi connectivity index (χ1v) is 7.82. The zero-order valence-electron chi connectivity index (χ0n) is 11.5. The number of hydrogen-bond donors (Lipinski definition) is 2. The maximum Gasteiger partial charge on any atom is 0.0929 e. The lowest BCUT2D eigenvalue weighted by atomic mass is 9.77. The first-order valence-electron chi connectivity index (χ1n) is 7.06. The smallest absolute Gasteiger partial charge is 0.0929 e. The van der Waals surface area contributed by atoms with Gasteiger partial charge in [-0.2, -0.15) is 0 Å². The molecule has 2 N–H and O–H groups in total. The van der Waals surface area contributed by atoms with E-state index in [9.17, 15) is 5.11 Å². The standard InChI is InChI=1S/C17H17Cl2NO/c18-13-5-6-16(19)15(8-13)17(21)10-20-9-12-7-11-3-1-2-4-14(11)12/h1-6,8,12,17,20-21H,7,9-10H2. The van der Waals surface area contributed by atoms with Gasteiger partial charge in [0.2, 0.25) is 0 Å². The molecule has 21 heavy (non-hydrogen) atoms. The Morgan fingerprint density at radius 3 is 2.81 bits per heavy atom. The van der Waals surface area contributed by atoms with Crippen molar-refractivity contribution in [3.63, 3.8) is 0 Å². The van der Waals surface area contributed by atoms with Crippen LogP contribution in [0.2, 0.25) is 10.0 Å². The average molecular weight is 322 g/mol. The van der Waals surface area contributed by atoms with Crippen LogP contribution in [-0.4, -0.2) is 18.2 Å². The first kappa shape index (κ1) is 14.9. The van der Waals surface area contributed by atoms with E-state index in [4.69, 9.17) is 23.2 Å². The molecule has 110 valence electrons. The molecule has 0 heterocycles. The Hall–Kier alpha value is -1.06. The number of rotatable bonds is 5. The minimum absolute atomic E-state index is 0.471. The summed E-state index contributed by atoms with van der Waals surface area (Å²) >= 11 is 12.0. The van der Waals surface area contributed by atoms with E-state index in [2.05, 4.69) is 29.6 Å². The Bertz CT molecular complexity index is 644. The van der Waals surface area contributed by atoms with Crippen LogP contribution in [0.1, 0.15) is 28.7 Å². The summed E-state index contributed by atoms with van der Waals surface area (Å²) in [5.74, 6) is 0.545. The van der Waals surface area contributed by atoms with Gasteiger partial charge in [0, 0.05) is 34.6 Å². The third-order valence-corrected chi connectivity index (χ3v) is 4.59. The van der Waals surface area contributed by atoms with Crippen molar-refractivity contribution in [2.24, 2.45) is 0 Å². The molecule has 0 radical (unpaired) electrons. The first-order chi connectivity index (χ1) is 10.1. The van der Waals surface area contributed by atoms with E-state index < -0.39 is 6.10 Å². The predicted molar refractivity (Wildman–Crippen MR) is 87.2 cm³/mol. The Labute approximate surface area is 134 Å². The molecular formula is C17H17Cl2NO. The molecule has 1 aliphatic carbocycles. The fourth-order valence-corrected chi connectivity index (χ4v) is 3.24. The molecule has 2 nitrogen and oxygen atoms in total. The quantitative estimate of drug-likeness (QED) is 0.873. The molecule has 0 spiro atoms. The third kappa shape index (κ3) is 3.24. The zero-order valence-corrected chi connectivity index (χ0v) is 13.0. The van der Waals surface area contributed by atoms with Gasteiger partial charge in [0.1, 0.15) is 0 Å². The second kappa shape index (κ2) is 6.37. The van der Waals surface area contributed by atoms with Crippen LogP contribution in [0.4, 0.5) is 0 Å². The number of fused-ring (bicyclic) bond motifs is 1. The van der Waals surface area contributed by atoms with Crippen molar-refractivity contribution in [2.75, 3.05) is 13.1 Å². The summed E-state index contributed by atoms with van der Waals surface area (Å²) in [6.07, 6.45) is 0.462. The fourth-order valence-electron chi connectivity index (χ4n) is 2.82. The molecule has 0 amide bonds. The van der Waals surface area contributed by atoms with Crippen LogP contribution in [0.5, 0.6) is 0 Å². The van der Waals surface area contributed by atoms with Gasteiger partial charge in [-0.25, -0.2) is 0 Å². The molecule has 0 fully saturated rings. The normalized spacial score (nSPS) is 18.0. The molecule has 2 atom stereocenters. The molecule has 0 bridgehead atoms. The highest BCUT2D eigenvalue weighted by Gasteiger charge is 2.25. The van der Waals surface area contributed by atoms with Gasteiger partial charge >= 0.3 is 0 Å². The predicted octanol–water partition coefficient (Wildman–Crippen LogP) is 3.96. The van der Waals surface area contributed by atoms with Crippen molar-refractivity contribution in [3.8, 4) is 0 Å². The SMILES string of the molecule is OC(CNCC1Cc2ccccc21)c1cc(Cl)ccc1Cl. The molecular weight excluding hydrogens is 305 g/mol. The van der Waals surface area contributed by atoms with Crippen LogP contribution in [0.15, 0.2) is 42.5 Å². The van der Waals surface area contributed by atoms with E-state index in [1.54, 1.807) is 18.2 Å². The fraction of sp³-hybridized carbons (Fsp3) is 0.294. The molecule has 2 aromatic rings. The summed E-state index contributed by atoms with van der Waals surface area (Å²) in [4.78, 5) is 0. The number of aliphatic hydroxyl groups is 1. The summed E-state index contributed by atoms with van der Waals surface area (Å²) in [6.45, 7) is 1.34. The largest absolute Gasteiger partial charge is 0.387 e. The van der Waals surface area contributed by atoms with Gasteiger partial charge in [0.05, 0.1) is 6.10 Å². The molecule has 3 rings (SSSR count). The lowest BCUT2D eigenvalue weighted by molar-refractivity contribution is 0.174. The van der Waals surface area contributed by atoms with E-state index >= 15 is 0 Å². The lowest BCUT2D eigenvalue weighted by Crippen LogP contribution is -2.31. The highest BCUT2D eigenvalue weighted by Crippen LogP contribution is 2.34. The van der Waals surface area contributed by atoms with Crippen molar-refractivity contribution in [1.29, 1.82) is 0 Å². The van der Waals surface area contributed by atoms with Gasteiger partial charge in [-0.15, -0.1) is 0 Å². The molecule has 0 aromatic heterocycles. The average Bonchev–Trinajstić information content (AvgIpc) is 2.46.